The highest BCUT2D eigenvalue weighted by Crippen LogP contribution is 2.22. The lowest BCUT2D eigenvalue weighted by atomic mass is 10.0. The zero-order valence-electron chi connectivity index (χ0n) is 16.4. The smallest absolute Gasteiger partial charge is 0.231 e. The van der Waals surface area contributed by atoms with Crippen molar-refractivity contribution in [1.82, 2.24) is 4.57 Å². The van der Waals surface area contributed by atoms with Crippen molar-refractivity contribution in [3.63, 3.8) is 0 Å². The molecule has 0 spiro atoms. The quantitative estimate of drug-likeness (QED) is 0.640. The van der Waals surface area contributed by atoms with Crippen molar-refractivity contribution < 1.29 is 14.3 Å². The first-order chi connectivity index (χ1) is 13.0. The van der Waals surface area contributed by atoms with E-state index >= 15 is 0 Å². The Labute approximate surface area is 161 Å². The van der Waals surface area contributed by atoms with Crippen molar-refractivity contribution in [2.24, 2.45) is 5.92 Å². The van der Waals surface area contributed by atoms with E-state index in [4.69, 9.17) is 9.47 Å². The maximum atomic E-state index is 13.0. The number of nitrogens with one attached hydrogen (secondary N) is 1. The van der Waals surface area contributed by atoms with Crippen LogP contribution in [-0.4, -0.2) is 24.7 Å². The fourth-order valence-electron chi connectivity index (χ4n) is 2.72. The third kappa shape index (κ3) is 6.06. The minimum absolute atomic E-state index is 0.0607. The summed E-state index contributed by atoms with van der Waals surface area (Å²) in [6, 6.07) is 11.7. The number of carbonyl (C=O) groups is 1. The molecule has 1 unspecified atom stereocenters. The van der Waals surface area contributed by atoms with Crippen molar-refractivity contribution >= 4 is 11.6 Å². The van der Waals surface area contributed by atoms with E-state index in [0.29, 0.717) is 6.42 Å². The number of para-hydroxylation sites is 2. The zero-order valence-corrected chi connectivity index (χ0v) is 16.4. The van der Waals surface area contributed by atoms with Crippen LogP contribution in [0.15, 0.2) is 72.5 Å². The molecule has 1 amide bonds. The molecule has 0 aliphatic carbocycles. The zero-order chi connectivity index (χ0) is 19.6. The lowest BCUT2D eigenvalue weighted by molar-refractivity contribution is -0.118. The van der Waals surface area contributed by atoms with Gasteiger partial charge in [-0.3, -0.25) is 4.79 Å². The molecule has 5 heteroatoms. The molecule has 0 fully saturated rings. The number of aromatic nitrogens is 1. The van der Waals surface area contributed by atoms with E-state index in [9.17, 15) is 4.79 Å². The third-order valence-electron chi connectivity index (χ3n) is 4.37. The molecule has 0 aliphatic heterocycles. The van der Waals surface area contributed by atoms with Crippen LogP contribution in [0.1, 0.15) is 26.7 Å². The van der Waals surface area contributed by atoms with Crippen LogP contribution in [0.2, 0.25) is 0 Å². The van der Waals surface area contributed by atoms with Crippen molar-refractivity contribution in [2.45, 2.75) is 26.7 Å². The van der Waals surface area contributed by atoms with Crippen LogP contribution in [0.3, 0.4) is 0 Å². The molecule has 1 heterocycles. The highest BCUT2D eigenvalue weighted by Gasteiger charge is 2.18. The summed E-state index contributed by atoms with van der Waals surface area (Å²) in [6.45, 7) is 3.75. The topological polar surface area (TPSA) is 52.5 Å². The first-order valence-corrected chi connectivity index (χ1v) is 9.01. The number of methoxy groups -OCH3 is 2. The summed E-state index contributed by atoms with van der Waals surface area (Å²) in [5.74, 6) is 1.21. The van der Waals surface area contributed by atoms with Gasteiger partial charge < -0.3 is 19.4 Å². The molecule has 0 bridgehead atoms. The molecular weight excluding hydrogens is 340 g/mol. The van der Waals surface area contributed by atoms with Crippen LogP contribution in [0, 0.1) is 5.92 Å². The summed E-state index contributed by atoms with van der Waals surface area (Å²) in [6.07, 6.45) is 9.17. The molecule has 0 aliphatic rings. The predicted octanol–water partition coefficient (Wildman–Crippen LogP) is 4.91. The fraction of sp³-hybridized carbons (Fsp3) is 0.318. The monoisotopic (exact) mass is 368 g/mol. The Hall–Kier alpha value is -2.95. The maximum Gasteiger partial charge on any atom is 0.231 e. The van der Waals surface area contributed by atoms with Gasteiger partial charge in [0.1, 0.15) is 0 Å². The van der Waals surface area contributed by atoms with Crippen LogP contribution in [0.4, 0.5) is 5.69 Å². The number of amides is 1. The lowest BCUT2D eigenvalue weighted by Crippen LogP contribution is -2.22. The Morgan fingerprint density at radius 1 is 1.07 bits per heavy atom. The number of hydrogen-bond acceptors (Lipinski definition) is 3. The summed E-state index contributed by atoms with van der Waals surface area (Å²) >= 11 is 0. The fourth-order valence-corrected chi connectivity index (χ4v) is 2.72. The number of benzene rings is 1. The SMILES string of the molecule is CO/C(C)=C/CCC(/C=C(\C)OC)C(=O)Nc1ccccc1-n1cccc1. The van der Waals surface area contributed by atoms with E-state index < -0.39 is 0 Å². The minimum Gasteiger partial charge on any atom is -0.502 e. The van der Waals surface area contributed by atoms with Gasteiger partial charge in [-0.15, -0.1) is 0 Å². The molecule has 1 aromatic heterocycles. The third-order valence-corrected chi connectivity index (χ3v) is 4.37. The van der Waals surface area contributed by atoms with Crippen molar-refractivity contribution in [2.75, 3.05) is 19.5 Å². The molecule has 27 heavy (non-hydrogen) atoms. The number of allylic oxidation sites excluding steroid dienone is 3. The van der Waals surface area contributed by atoms with E-state index in [1.807, 2.05) is 79.4 Å². The number of rotatable bonds is 9. The predicted molar refractivity (Wildman–Crippen MR) is 109 cm³/mol. The van der Waals surface area contributed by atoms with Gasteiger partial charge in [-0.1, -0.05) is 12.1 Å². The van der Waals surface area contributed by atoms with Gasteiger partial charge in [0.05, 0.1) is 43.0 Å². The van der Waals surface area contributed by atoms with Crippen LogP contribution >= 0.6 is 0 Å². The Kier molecular flexibility index (Phi) is 7.74. The molecule has 1 N–H and O–H groups in total. The van der Waals surface area contributed by atoms with Crippen molar-refractivity contribution in [3.05, 3.63) is 72.5 Å². The summed E-state index contributed by atoms with van der Waals surface area (Å²) < 4.78 is 12.4. The molecule has 0 radical (unpaired) electrons. The lowest BCUT2D eigenvalue weighted by Gasteiger charge is -2.16. The van der Waals surface area contributed by atoms with Crippen molar-refractivity contribution in [1.29, 1.82) is 0 Å². The summed E-state index contributed by atoms with van der Waals surface area (Å²) in [5.41, 5.74) is 1.70. The average molecular weight is 368 g/mol. The first kappa shape index (κ1) is 20.4. The second-order valence-corrected chi connectivity index (χ2v) is 6.28. The Bertz CT molecular complexity index is 792. The molecule has 2 aromatic rings. The minimum atomic E-state index is -0.302. The summed E-state index contributed by atoms with van der Waals surface area (Å²) in [5, 5.41) is 3.07. The molecule has 5 nitrogen and oxygen atoms in total. The van der Waals surface area contributed by atoms with Gasteiger partial charge in [-0.2, -0.15) is 0 Å². The Morgan fingerprint density at radius 2 is 1.74 bits per heavy atom. The number of anilines is 1. The summed E-state index contributed by atoms with van der Waals surface area (Å²) in [7, 11) is 3.25. The molecule has 1 aromatic carbocycles. The van der Waals surface area contributed by atoms with Gasteiger partial charge in [0.15, 0.2) is 0 Å². The second kappa shape index (κ2) is 10.3. The molecule has 144 valence electrons. The van der Waals surface area contributed by atoms with E-state index in [1.54, 1.807) is 14.2 Å². The van der Waals surface area contributed by atoms with E-state index in [0.717, 1.165) is 29.3 Å². The average Bonchev–Trinajstić information content (AvgIpc) is 3.21. The Morgan fingerprint density at radius 3 is 2.41 bits per heavy atom. The van der Waals surface area contributed by atoms with E-state index in [1.165, 1.54) is 0 Å². The van der Waals surface area contributed by atoms with Gasteiger partial charge >= 0.3 is 0 Å². The standard InChI is InChI=1S/C22H28N2O3/c1-17(26-3)10-9-11-19(16-18(2)27-4)22(25)23-20-12-5-6-13-21(20)24-14-7-8-15-24/h5-8,10,12-16,19H,9,11H2,1-4H3,(H,23,25)/b17-10+,18-16+. The molecule has 0 saturated heterocycles. The van der Waals surface area contributed by atoms with Crippen LogP contribution in [-0.2, 0) is 14.3 Å². The molecule has 2 rings (SSSR count). The van der Waals surface area contributed by atoms with E-state index in [-0.39, 0.29) is 11.8 Å². The highest BCUT2D eigenvalue weighted by molar-refractivity contribution is 5.95. The number of hydrogen-bond donors (Lipinski definition) is 1. The number of carbonyl (C=O) groups excluding carboxylic acids is 1. The van der Waals surface area contributed by atoms with Gasteiger partial charge in [-0.05, 0) is 63.1 Å². The van der Waals surface area contributed by atoms with Gasteiger partial charge in [-0.25, -0.2) is 0 Å². The van der Waals surface area contributed by atoms with Gasteiger partial charge in [0.25, 0.3) is 0 Å². The van der Waals surface area contributed by atoms with Crippen LogP contribution in [0.25, 0.3) is 5.69 Å². The van der Waals surface area contributed by atoms with E-state index in [2.05, 4.69) is 5.32 Å². The van der Waals surface area contributed by atoms with Gasteiger partial charge in [0.2, 0.25) is 5.91 Å². The Balaban J connectivity index is 2.18. The first-order valence-electron chi connectivity index (χ1n) is 9.01. The van der Waals surface area contributed by atoms with Crippen molar-refractivity contribution in [3.8, 4) is 5.69 Å². The van der Waals surface area contributed by atoms with Crippen LogP contribution < -0.4 is 5.32 Å². The normalized spacial score (nSPS) is 13.2. The molecule has 0 saturated carbocycles. The number of ether oxygens (including phenoxy) is 2. The second-order valence-electron chi connectivity index (χ2n) is 6.28. The maximum absolute atomic E-state index is 13.0. The van der Waals surface area contributed by atoms with Gasteiger partial charge in [0, 0.05) is 12.4 Å². The van der Waals surface area contributed by atoms with Crippen LogP contribution in [0.5, 0.6) is 0 Å². The summed E-state index contributed by atoms with van der Waals surface area (Å²) in [4.78, 5) is 13.0. The molecule has 1 atom stereocenters. The largest absolute Gasteiger partial charge is 0.502 e. The highest BCUT2D eigenvalue weighted by atomic mass is 16.5. The number of nitrogens with zero attached hydrogens (tertiary/aromatic N) is 1. The molecular formula is C22H28N2O3.